The summed E-state index contributed by atoms with van der Waals surface area (Å²) in [6, 6.07) is 3.21. The lowest BCUT2D eigenvalue weighted by Crippen LogP contribution is -2.57. The molecule has 5 unspecified atom stereocenters. The van der Waals surface area contributed by atoms with Crippen LogP contribution in [0.1, 0.15) is 60.2 Å². The summed E-state index contributed by atoms with van der Waals surface area (Å²) in [6.45, 7) is 4.04. The lowest BCUT2D eigenvalue weighted by atomic mass is 9.47. The highest BCUT2D eigenvalue weighted by Crippen LogP contribution is 2.62. The number of rotatable bonds is 6. The SMILES string of the molecule is C#CCNC(=O)CC1c2nc(NC(=O)c3ccco3)sc2CC2C(C)(CO)C(O)CCC12C. The number of nitrogens with one attached hydrogen (secondary N) is 2. The number of carbonyl (C=O) groups is 2. The first-order valence-electron chi connectivity index (χ1n) is 11.1. The number of fused-ring (bicyclic) bond motifs is 2. The Bertz CT molecular complexity index is 1070. The van der Waals surface area contributed by atoms with Crippen LogP contribution in [0.2, 0.25) is 0 Å². The van der Waals surface area contributed by atoms with Crippen LogP contribution >= 0.6 is 11.3 Å². The van der Waals surface area contributed by atoms with E-state index in [4.69, 9.17) is 15.8 Å². The summed E-state index contributed by atoms with van der Waals surface area (Å²) in [5, 5.41) is 27.1. The van der Waals surface area contributed by atoms with Gasteiger partial charge in [-0.15, -0.1) is 17.8 Å². The number of amides is 2. The molecule has 0 aliphatic heterocycles. The Balaban J connectivity index is 1.71. The van der Waals surface area contributed by atoms with Gasteiger partial charge in [-0.1, -0.05) is 19.8 Å². The molecule has 1 saturated carbocycles. The van der Waals surface area contributed by atoms with Gasteiger partial charge in [0.15, 0.2) is 10.9 Å². The molecule has 0 spiro atoms. The first-order chi connectivity index (χ1) is 15.7. The first-order valence-corrected chi connectivity index (χ1v) is 11.9. The lowest BCUT2D eigenvalue weighted by molar-refractivity contribution is -0.144. The number of aliphatic hydroxyl groups excluding tert-OH is 2. The molecule has 2 aromatic heterocycles. The number of terminal acetylenes is 1. The number of carbonyl (C=O) groups excluding carboxylic acids is 2. The fourth-order valence-electron chi connectivity index (χ4n) is 5.67. The topological polar surface area (TPSA) is 125 Å². The molecular weight excluding hydrogens is 442 g/mol. The van der Waals surface area contributed by atoms with Crippen molar-refractivity contribution < 1.29 is 24.2 Å². The van der Waals surface area contributed by atoms with Crippen LogP contribution in [0.15, 0.2) is 22.8 Å². The molecule has 2 aromatic rings. The average molecular weight is 472 g/mol. The molecule has 2 aliphatic rings. The summed E-state index contributed by atoms with van der Waals surface area (Å²) in [7, 11) is 0. The molecule has 176 valence electrons. The second-order valence-corrected chi connectivity index (χ2v) is 10.6. The maximum atomic E-state index is 12.7. The number of furan rings is 1. The Labute approximate surface area is 196 Å². The van der Waals surface area contributed by atoms with Gasteiger partial charge in [-0.25, -0.2) is 4.98 Å². The van der Waals surface area contributed by atoms with Gasteiger partial charge in [-0.05, 0) is 42.7 Å². The van der Waals surface area contributed by atoms with Gasteiger partial charge in [0, 0.05) is 22.6 Å². The molecule has 5 atom stereocenters. The van der Waals surface area contributed by atoms with E-state index >= 15 is 0 Å². The van der Waals surface area contributed by atoms with Gasteiger partial charge in [0.2, 0.25) is 5.91 Å². The molecule has 0 radical (unpaired) electrons. The van der Waals surface area contributed by atoms with E-state index in [1.54, 1.807) is 12.1 Å². The van der Waals surface area contributed by atoms with Gasteiger partial charge in [-0.2, -0.15) is 0 Å². The highest BCUT2D eigenvalue weighted by Gasteiger charge is 2.59. The smallest absolute Gasteiger partial charge is 0.293 e. The molecule has 4 rings (SSSR count). The van der Waals surface area contributed by atoms with Crippen molar-refractivity contribution in [1.82, 2.24) is 10.3 Å². The second kappa shape index (κ2) is 8.93. The molecule has 8 nitrogen and oxygen atoms in total. The quantitative estimate of drug-likeness (QED) is 0.480. The van der Waals surface area contributed by atoms with Gasteiger partial charge in [-0.3, -0.25) is 14.9 Å². The molecular formula is C24H29N3O5S. The molecule has 0 saturated heterocycles. The number of aromatic nitrogens is 1. The summed E-state index contributed by atoms with van der Waals surface area (Å²) >= 11 is 1.36. The zero-order chi connectivity index (χ0) is 23.8. The van der Waals surface area contributed by atoms with Crippen molar-refractivity contribution in [3.05, 3.63) is 34.7 Å². The number of hydrogen-bond acceptors (Lipinski definition) is 7. The maximum absolute atomic E-state index is 12.7. The fourth-order valence-corrected chi connectivity index (χ4v) is 6.74. The Morgan fingerprint density at radius 3 is 2.88 bits per heavy atom. The van der Waals surface area contributed by atoms with Gasteiger partial charge in [0.25, 0.3) is 5.91 Å². The minimum atomic E-state index is -0.709. The Kier molecular flexibility index (Phi) is 6.36. The third-order valence-electron chi connectivity index (χ3n) is 7.64. The van der Waals surface area contributed by atoms with E-state index in [2.05, 4.69) is 23.5 Å². The van der Waals surface area contributed by atoms with Crippen molar-refractivity contribution in [2.75, 3.05) is 18.5 Å². The molecule has 2 amide bonds. The lowest BCUT2D eigenvalue weighted by Gasteiger charge is -2.58. The highest BCUT2D eigenvalue weighted by molar-refractivity contribution is 7.15. The summed E-state index contributed by atoms with van der Waals surface area (Å²) in [5.41, 5.74) is -0.283. The zero-order valence-electron chi connectivity index (χ0n) is 18.8. The van der Waals surface area contributed by atoms with Crippen LogP contribution in [-0.4, -0.2) is 46.3 Å². The predicted molar refractivity (Wildman–Crippen MR) is 124 cm³/mol. The van der Waals surface area contributed by atoms with Crippen LogP contribution in [0.4, 0.5) is 5.13 Å². The summed E-state index contributed by atoms with van der Waals surface area (Å²) in [6.07, 6.45) is 8.13. The standard InChI is InChI=1S/C24H29N3O5S/c1-4-9-25-19(30)11-14-20-16(33-22(26-20)27-21(31)15-6-5-10-32-15)12-17-23(14,2)8-7-18(29)24(17,3)13-28/h1,5-6,10,14,17-18,28-29H,7-9,11-13H2,2-3H3,(H,25,30)(H,26,27,31). The molecule has 9 heteroatoms. The predicted octanol–water partition coefficient (Wildman–Crippen LogP) is 2.54. The van der Waals surface area contributed by atoms with E-state index in [-0.39, 0.29) is 48.5 Å². The summed E-state index contributed by atoms with van der Waals surface area (Å²) in [4.78, 5) is 30.9. The second-order valence-electron chi connectivity index (χ2n) is 9.48. The van der Waals surface area contributed by atoms with Crippen molar-refractivity contribution in [2.45, 2.75) is 51.6 Å². The van der Waals surface area contributed by atoms with Gasteiger partial charge in [0.05, 0.1) is 31.2 Å². The van der Waals surface area contributed by atoms with Gasteiger partial charge in [0.1, 0.15) is 0 Å². The van der Waals surface area contributed by atoms with E-state index in [9.17, 15) is 19.8 Å². The van der Waals surface area contributed by atoms with Gasteiger partial charge < -0.3 is 19.9 Å². The normalized spacial score (nSPS) is 30.6. The average Bonchev–Trinajstić information content (AvgIpc) is 3.46. The Morgan fingerprint density at radius 2 is 2.21 bits per heavy atom. The molecule has 4 N–H and O–H groups in total. The molecule has 1 fully saturated rings. The number of nitrogens with zero attached hydrogens (tertiary/aromatic N) is 1. The van der Waals surface area contributed by atoms with Crippen molar-refractivity contribution in [3.8, 4) is 12.3 Å². The molecule has 2 heterocycles. The Hall–Kier alpha value is -2.67. The summed E-state index contributed by atoms with van der Waals surface area (Å²) in [5.74, 6) is 1.73. The van der Waals surface area contributed by atoms with E-state index in [0.717, 1.165) is 10.6 Å². The van der Waals surface area contributed by atoms with Crippen molar-refractivity contribution in [1.29, 1.82) is 0 Å². The highest BCUT2D eigenvalue weighted by atomic mass is 32.1. The molecule has 0 bridgehead atoms. The van der Waals surface area contributed by atoms with Crippen LogP contribution in [0.25, 0.3) is 0 Å². The van der Waals surface area contributed by atoms with Crippen LogP contribution in [0.3, 0.4) is 0 Å². The van der Waals surface area contributed by atoms with Crippen molar-refractivity contribution in [2.24, 2.45) is 16.7 Å². The number of hydrogen-bond donors (Lipinski definition) is 4. The third kappa shape index (κ3) is 4.07. The largest absolute Gasteiger partial charge is 0.459 e. The van der Waals surface area contributed by atoms with Crippen molar-refractivity contribution in [3.63, 3.8) is 0 Å². The minimum Gasteiger partial charge on any atom is -0.459 e. The van der Waals surface area contributed by atoms with E-state index in [0.29, 0.717) is 24.4 Å². The van der Waals surface area contributed by atoms with Crippen LogP contribution in [0.5, 0.6) is 0 Å². The molecule has 0 aromatic carbocycles. The van der Waals surface area contributed by atoms with Crippen LogP contribution in [-0.2, 0) is 11.2 Å². The fraction of sp³-hybridized carbons (Fsp3) is 0.542. The third-order valence-corrected chi connectivity index (χ3v) is 8.65. The van der Waals surface area contributed by atoms with E-state index in [1.165, 1.54) is 17.6 Å². The molecule has 2 aliphatic carbocycles. The van der Waals surface area contributed by atoms with Crippen molar-refractivity contribution >= 4 is 28.3 Å². The monoisotopic (exact) mass is 471 g/mol. The van der Waals surface area contributed by atoms with Crippen LogP contribution < -0.4 is 10.6 Å². The number of anilines is 1. The zero-order valence-corrected chi connectivity index (χ0v) is 19.6. The number of thiazole rings is 1. The van der Waals surface area contributed by atoms with E-state index < -0.39 is 17.4 Å². The van der Waals surface area contributed by atoms with Gasteiger partial charge >= 0.3 is 0 Å². The minimum absolute atomic E-state index is 0.0641. The Morgan fingerprint density at radius 1 is 1.42 bits per heavy atom. The van der Waals surface area contributed by atoms with E-state index in [1.807, 2.05) is 6.92 Å². The summed E-state index contributed by atoms with van der Waals surface area (Å²) < 4.78 is 5.17. The van der Waals surface area contributed by atoms with Crippen LogP contribution in [0, 0.1) is 29.1 Å². The first kappa shape index (κ1) is 23.5. The maximum Gasteiger partial charge on any atom is 0.293 e. The molecule has 33 heavy (non-hydrogen) atoms. The number of aliphatic hydroxyl groups is 2.